The summed E-state index contributed by atoms with van der Waals surface area (Å²) < 4.78 is 9.09. The van der Waals surface area contributed by atoms with E-state index in [9.17, 15) is 4.79 Å². The zero-order chi connectivity index (χ0) is 9.14. The third kappa shape index (κ3) is 1.62. The van der Waals surface area contributed by atoms with E-state index < -0.39 is 5.97 Å². The lowest BCUT2D eigenvalue weighted by molar-refractivity contribution is 0.0554. The molecule has 1 rings (SSSR count). The second-order valence-electron chi connectivity index (χ2n) is 2.40. The van der Waals surface area contributed by atoms with Gasteiger partial charge >= 0.3 is 5.97 Å². The van der Waals surface area contributed by atoms with Crippen molar-refractivity contribution in [1.82, 2.24) is 5.16 Å². The van der Waals surface area contributed by atoms with Crippen molar-refractivity contribution in [2.24, 2.45) is 5.73 Å². The lowest BCUT2D eigenvalue weighted by Crippen LogP contribution is -2.05. The van der Waals surface area contributed by atoms with Crippen molar-refractivity contribution in [3.05, 3.63) is 17.5 Å². The number of hydrogen-bond donors (Lipinski definition) is 1. The molecule has 0 unspecified atom stereocenters. The lowest BCUT2D eigenvalue weighted by Gasteiger charge is -1.94. The molecule has 0 spiro atoms. The summed E-state index contributed by atoms with van der Waals surface area (Å²) >= 11 is 0. The van der Waals surface area contributed by atoms with E-state index in [1.54, 1.807) is 6.92 Å². The summed E-state index contributed by atoms with van der Waals surface area (Å²) in [4.78, 5) is 10.9. The average molecular weight is 170 g/mol. The molecule has 0 aliphatic carbocycles. The van der Waals surface area contributed by atoms with E-state index >= 15 is 0 Å². The van der Waals surface area contributed by atoms with Gasteiger partial charge in [-0.25, -0.2) is 4.79 Å². The Kier molecular flexibility index (Phi) is 2.44. The van der Waals surface area contributed by atoms with Gasteiger partial charge < -0.3 is 15.0 Å². The van der Waals surface area contributed by atoms with Crippen molar-refractivity contribution in [2.75, 3.05) is 7.11 Å². The summed E-state index contributed by atoms with van der Waals surface area (Å²) in [5.74, 6) is -0.473. The SMILES string of the molecule is COC(=O)c1cc([C@@H](C)N)no1. The van der Waals surface area contributed by atoms with Gasteiger partial charge in [0, 0.05) is 12.1 Å². The Balaban J connectivity index is 2.84. The van der Waals surface area contributed by atoms with E-state index in [0.717, 1.165) is 0 Å². The second kappa shape index (κ2) is 3.36. The van der Waals surface area contributed by atoms with E-state index in [2.05, 4.69) is 14.4 Å². The van der Waals surface area contributed by atoms with E-state index in [-0.39, 0.29) is 11.8 Å². The molecule has 12 heavy (non-hydrogen) atoms. The molecule has 1 aromatic heterocycles. The van der Waals surface area contributed by atoms with Crippen LogP contribution in [0.4, 0.5) is 0 Å². The third-order valence-corrected chi connectivity index (χ3v) is 1.38. The predicted molar refractivity (Wildman–Crippen MR) is 40.4 cm³/mol. The number of carbonyl (C=O) groups excluding carboxylic acids is 1. The van der Waals surface area contributed by atoms with Gasteiger partial charge in [-0.15, -0.1) is 0 Å². The molecular formula is C7H10N2O3. The first-order valence-corrected chi connectivity index (χ1v) is 3.45. The second-order valence-corrected chi connectivity index (χ2v) is 2.40. The highest BCUT2D eigenvalue weighted by Gasteiger charge is 2.14. The quantitative estimate of drug-likeness (QED) is 0.653. The Morgan fingerprint density at radius 1 is 1.83 bits per heavy atom. The summed E-state index contributed by atoms with van der Waals surface area (Å²) in [6, 6.07) is 1.23. The van der Waals surface area contributed by atoms with Crippen LogP contribution in [0.15, 0.2) is 10.6 Å². The van der Waals surface area contributed by atoms with Crippen LogP contribution in [0.5, 0.6) is 0 Å². The van der Waals surface area contributed by atoms with Crippen molar-refractivity contribution in [2.45, 2.75) is 13.0 Å². The summed E-state index contributed by atoms with van der Waals surface area (Å²) in [5.41, 5.74) is 6.03. The van der Waals surface area contributed by atoms with Gasteiger partial charge in [0.25, 0.3) is 0 Å². The van der Waals surface area contributed by atoms with Crippen LogP contribution in [-0.2, 0) is 4.74 Å². The number of methoxy groups -OCH3 is 1. The summed E-state index contributed by atoms with van der Waals surface area (Å²) in [6.45, 7) is 1.75. The molecule has 0 aliphatic rings. The first-order valence-electron chi connectivity index (χ1n) is 3.45. The number of ether oxygens (including phenoxy) is 1. The highest BCUT2D eigenvalue weighted by Crippen LogP contribution is 2.10. The fourth-order valence-electron chi connectivity index (χ4n) is 0.700. The molecule has 1 heterocycles. The molecule has 0 saturated heterocycles. The lowest BCUT2D eigenvalue weighted by atomic mass is 10.2. The van der Waals surface area contributed by atoms with Crippen LogP contribution < -0.4 is 5.73 Å². The first-order chi connectivity index (χ1) is 5.65. The predicted octanol–water partition coefficient (Wildman–Crippen LogP) is 0.481. The maximum atomic E-state index is 10.9. The van der Waals surface area contributed by atoms with Crippen LogP contribution >= 0.6 is 0 Å². The largest absolute Gasteiger partial charge is 0.463 e. The highest BCUT2D eigenvalue weighted by atomic mass is 16.5. The molecule has 0 aromatic carbocycles. The topological polar surface area (TPSA) is 78.4 Å². The number of aromatic nitrogens is 1. The number of rotatable bonds is 2. The Bertz CT molecular complexity index is 280. The number of nitrogens with two attached hydrogens (primary N) is 1. The van der Waals surface area contributed by atoms with Crippen LogP contribution in [0.2, 0.25) is 0 Å². The van der Waals surface area contributed by atoms with E-state index in [4.69, 9.17) is 5.73 Å². The van der Waals surface area contributed by atoms with Crippen LogP contribution in [-0.4, -0.2) is 18.2 Å². The van der Waals surface area contributed by atoms with Crippen molar-refractivity contribution in [1.29, 1.82) is 0 Å². The van der Waals surface area contributed by atoms with Crippen molar-refractivity contribution in [3.8, 4) is 0 Å². The Morgan fingerprint density at radius 3 is 2.92 bits per heavy atom. The highest BCUT2D eigenvalue weighted by molar-refractivity contribution is 5.86. The van der Waals surface area contributed by atoms with E-state index in [1.165, 1.54) is 13.2 Å². The van der Waals surface area contributed by atoms with Crippen LogP contribution in [0.1, 0.15) is 29.2 Å². The average Bonchev–Trinajstić information content (AvgIpc) is 2.51. The van der Waals surface area contributed by atoms with Gasteiger partial charge in [0.2, 0.25) is 5.76 Å². The molecule has 0 amide bonds. The van der Waals surface area contributed by atoms with Gasteiger partial charge in [-0.3, -0.25) is 0 Å². The third-order valence-electron chi connectivity index (χ3n) is 1.38. The molecule has 2 N–H and O–H groups in total. The minimum absolute atomic E-state index is 0.0739. The molecule has 66 valence electrons. The van der Waals surface area contributed by atoms with Gasteiger partial charge in [-0.1, -0.05) is 5.16 Å². The zero-order valence-electron chi connectivity index (χ0n) is 6.90. The molecule has 0 radical (unpaired) electrons. The van der Waals surface area contributed by atoms with E-state index in [0.29, 0.717) is 5.69 Å². The molecular weight excluding hydrogens is 160 g/mol. The maximum Gasteiger partial charge on any atom is 0.376 e. The minimum Gasteiger partial charge on any atom is -0.463 e. The first kappa shape index (κ1) is 8.73. The van der Waals surface area contributed by atoms with Gasteiger partial charge in [0.15, 0.2) is 0 Å². The van der Waals surface area contributed by atoms with Crippen molar-refractivity contribution in [3.63, 3.8) is 0 Å². The fraction of sp³-hybridized carbons (Fsp3) is 0.429. The Labute approximate surface area is 69.5 Å². The smallest absolute Gasteiger partial charge is 0.376 e. The monoisotopic (exact) mass is 170 g/mol. The normalized spacial score (nSPS) is 12.6. The van der Waals surface area contributed by atoms with Gasteiger partial charge in [0.05, 0.1) is 7.11 Å². The molecule has 0 aliphatic heterocycles. The van der Waals surface area contributed by atoms with Crippen LogP contribution in [0.25, 0.3) is 0 Å². The van der Waals surface area contributed by atoms with Gasteiger partial charge in [-0.05, 0) is 6.92 Å². The molecule has 0 fully saturated rings. The maximum absolute atomic E-state index is 10.9. The molecule has 0 bridgehead atoms. The number of esters is 1. The minimum atomic E-state index is -0.547. The zero-order valence-corrected chi connectivity index (χ0v) is 6.90. The molecule has 1 atom stereocenters. The molecule has 1 aromatic rings. The molecule has 5 nitrogen and oxygen atoms in total. The van der Waals surface area contributed by atoms with Crippen LogP contribution in [0.3, 0.4) is 0 Å². The van der Waals surface area contributed by atoms with Gasteiger partial charge in [-0.2, -0.15) is 0 Å². The summed E-state index contributed by atoms with van der Waals surface area (Å²) in [6.07, 6.45) is 0. The Morgan fingerprint density at radius 2 is 2.50 bits per heavy atom. The molecule has 0 saturated carbocycles. The summed E-state index contributed by atoms with van der Waals surface area (Å²) in [7, 11) is 1.27. The fourth-order valence-corrected chi connectivity index (χ4v) is 0.700. The number of carbonyl (C=O) groups is 1. The number of nitrogens with zero attached hydrogens (tertiary/aromatic N) is 1. The standard InChI is InChI=1S/C7H10N2O3/c1-4(8)5-3-6(12-9-5)7(10)11-2/h3-4H,8H2,1-2H3/t4-/m1/s1. The Hall–Kier alpha value is -1.36. The van der Waals surface area contributed by atoms with Crippen molar-refractivity contribution < 1.29 is 14.1 Å². The number of hydrogen-bond acceptors (Lipinski definition) is 5. The molecule has 5 heteroatoms. The van der Waals surface area contributed by atoms with Crippen LogP contribution in [0, 0.1) is 0 Å². The van der Waals surface area contributed by atoms with E-state index in [1.807, 2.05) is 0 Å². The summed E-state index contributed by atoms with van der Waals surface area (Å²) in [5, 5.41) is 3.58. The van der Waals surface area contributed by atoms with Crippen molar-refractivity contribution >= 4 is 5.97 Å². The van der Waals surface area contributed by atoms with Gasteiger partial charge in [0.1, 0.15) is 5.69 Å².